The first-order valence-electron chi connectivity index (χ1n) is 3.55. The van der Waals surface area contributed by atoms with E-state index in [1.807, 2.05) is 0 Å². The summed E-state index contributed by atoms with van der Waals surface area (Å²) in [7, 11) is 0. The van der Waals surface area contributed by atoms with Gasteiger partial charge < -0.3 is 4.84 Å². The molecular formula is C6H12N2O2. The average molecular weight is 144 g/mol. The Labute approximate surface area is 59.7 Å². The second-order valence-electron chi connectivity index (χ2n) is 2.68. The molecule has 10 heavy (non-hydrogen) atoms. The molecule has 4 heteroatoms. The molecule has 0 bridgehead atoms. The quantitative estimate of drug-likeness (QED) is 0.463. The SMILES string of the molecule is NO[C@H]1CCC[C@@H](N=O)C1. The van der Waals surface area contributed by atoms with Crippen molar-refractivity contribution in [3.05, 3.63) is 4.91 Å². The van der Waals surface area contributed by atoms with Crippen LogP contribution in [-0.4, -0.2) is 12.1 Å². The minimum atomic E-state index is -0.0673. The summed E-state index contributed by atoms with van der Waals surface area (Å²) in [6.07, 6.45) is 3.60. The number of hydrogen-bond donors (Lipinski definition) is 1. The summed E-state index contributed by atoms with van der Waals surface area (Å²) >= 11 is 0. The van der Waals surface area contributed by atoms with E-state index >= 15 is 0 Å². The summed E-state index contributed by atoms with van der Waals surface area (Å²) in [6.45, 7) is 0. The topological polar surface area (TPSA) is 64.7 Å². The maximum Gasteiger partial charge on any atom is 0.0945 e. The third-order valence-electron chi connectivity index (χ3n) is 1.94. The van der Waals surface area contributed by atoms with Crippen molar-refractivity contribution in [2.24, 2.45) is 11.1 Å². The Bertz CT molecular complexity index is 118. The third-order valence-corrected chi connectivity index (χ3v) is 1.94. The van der Waals surface area contributed by atoms with Crippen LogP contribution >= 0.6 is 0 Å². The van der Waals surface area contributed by atoms with Gasteiger partial charge in [-0.05, 0) is 19.3 Å². The van der Waals surface area contributed by atoms with Crippen LogP contribution in [0.1, 0.15) is 25.7 Å². The first-order valence-corrected chi connectivity index (χ1v) is 3.55. The number of nitroso groups, excluding NO2 is 1. The molecule has 0 saturated heterocycles. The van der Waals surface area contributed by atoms with Gasteiger partial charge in [0.1, 0.15) is 0 Å². The highest BCUT2D eigenvalue weighted by atomic mass is 16.6. The van der Waals surface area contributed by atoms with E-state index < -0.39 is 0 Å². The summed E-state index contributed by atoms with van der Waals surface area (Å²) in [4.78, 5) is 14.7. The molecule has 0 spiro atoms. The molecule has 1 aliphatic rings. The fraction of sp³-hybridized carbons (Fsp3) is 1.00. The van der Waals surface area contributed by atoms with Gasteiger partial charge in [0.05, 0.1) is 12.1 Å². The molecule has 0 aliphatic heterocycles. The van der Waals surface area contributed by atoms with E-state index in [2.05, 4.69) is 10.0 Å². The molecule has 0 aromatic heterocycles. The normalized spacial score (nSPS) is 33.7. The molecule has 1 rings (SSSR count). The van der Waals surface area contributed by atoms with Crippen molar-refractivity contribution >= 4 is 0 Å². The van der Waals surface area contributed by atoms with Gasteiger partial charge >= 0.3 is 0 Å². The van der Waals surface area contributed by atoms with Gasteiger partial charge in [-0.1, -0.05) is 5.18 Å². The average Bonchev–Trinajstić information content (AvgIpc) is 2.05. The van der Waals surface area contributed by atoms with Crippen LogP contribution in [-0.2, 0) is 4.84 Å². The van der Waals surface area contributed by atoms with Crippen molar-refractivity contribution in [1.29, 1.82) is 0 Å². The Morgan fingerprint density at radius 2 is 2.30 bits per heavy atom. The van der Waals surface area contributed by atoms with Gasteiger partial charge in [-0.25, -0.2) is 5.90 Å². The van der Waals surface area contributed by atoms with Gasteiger partial charge in [0.15, 0.2) is 0 Å². The Morgan fingerprint density at radius 1 is 1.50 bits per heavy atom. The fourth-order valence-electron chi connectivity index (χ4n) is 1.34. The van der Waals surface area contributed by atoms with Gasteiger partial charge in [0.25, 0.3) is 0 Å². The van der Waals surface area contributed by atoms with Crippen LogP contribution in [0, 0.1) is 4.91 Å². The zero-order valence-corrected chi connectivity index (χ0v) is 5.82. The number of nitrogens with two attached hydrogens (primary N) is 1. The maximum atomic E-state index is 10.1. The summed E-state index contributed by atoms with van der Waals surface area (Å²) in [5.74, 6) is 4.98. The molecule has 0 heterocycles. The first kappa shape index (κ1) is 7.63. The molecular weight excluding hydrogens is 132 g/mol. The van der Waals surface area contributed by atoms with Gasteiger partial charge in [0, 0.05) is 6.42 Å². The molecule has 2 N–H and O–H groups in total. The smallest absolute Gasteiger partial charge is 0.0945 e. The highest BCUT2D eigenvalue weighted by Crippen LogP contribution is 2.21. The molecule has 4 nitrogen and oxygen atoms in total. The molecule has 0 amide bonds. The largest absolute Gasteiger partial charge is 0.301 e. The third kappa shape index (κ3) is 1.75. The van der Waals surface area contributed by atoms with Crippen molar-refractivity contribution < 1.29 is 4.84 Å². The van der Waals surface area contributed by atoms with E-state index in [9.17, 15) is 4.91 Å². The van der Waals surface area contributed by atoms with Crippen molar-refractivity contribution in [2.45, 2.75) is 37.8 Å². The Hall–Kier alpha value is -0.480. The van der Waals surface area contributed by atoms with E-state index in [4.69, 9.17) is 5.90 Å². The number of hydrogen-bond acceptors (Lipinski definition) is 4. The molecule has 2 atom stereocenters. The van der Waals surface area contributed by atoms with Crippen molar-refractivity contribution in [3.8, 4) is 0 Å². The Morgan fingerprint density at radius 3 is 2.90 bits per heavy atom. The molecule has 0 unspecified atom stereocenters. The van der Waals surface area contributed by atoms with Crippen molar-refractivity contribution in [1.82, 2.24) is 0 Å². The first-order chi connectivity index (χ1) is 4.86. The lowest BCUT2D eigenvalue weighted by atomic mass is 9.94. The van der Waals surface area contributed by atoms with E-state index in [1.54, 1.807) is 0 Å². The Kier molecular flexibility index (Phi) is 2.77. The second kappa shape index (κ2) is 3.63. The van der Waals surface area contributed by atoms with Gasteiger partial charge in [-0.3, -0.25) is 0 Å². The van der Waals surface area contributed by atoms with E-state index in [0.29, 0.717) is 6.42 Å². The van der Waals surface area contributed by atoms with E-state index in [-0.39, 0.29) is 12.1 Å². The van der Waals surface area contributed by atoms with Crippen molar-refractivity contribution in [2.75, 3.05) is 0 Å². The summed E-state index contributed by atoms with van der Waals surface area (Å²) in [5, 5.41) is 2.96. The zero-order valence-electron chi connectivity index (χ0n) is 5.82. The van der Waals surface area contributed by atoms with Crippen LogP contribution in [0.2, 0.25) is 0 Å². The molecule has 0 aromatic rings. The van der Waals surface area contributed by atoms with Crippen LogP contribution in [0.3, 0.4) is 0 Å². The summed E-state index contributed by atoms with van der Waals surface area (Å²) in [6, 6.07) is -0.0673. The van der Waals surface area contributed by atoms with Crippen LogP contribution in [0.25, 0.3) is 0 Å². The molecule has 58 valence electrons. The summed E-state index contributed by atoms with van der Waals surface area (Å²) in [5.41, 5.74) is 0. The Balaban J connectivity index is 2.31. The van der Waals surface area contributed by atoms with Gasteiger partial charge in [0.2, 0.25) is 0 Å². The van der Waals surface area contributed by atoms with Gasteiger partial charge in [-0.15, -0.1) is 0 Å². The standard InChI is InChI=1S/C6H12N2O2/c7-10-6-3-1-2-5(4-6)8-9/h5-6H,1-4,7H2/t5-,6+/m1/s1. The fourth-order valence-corrected chi connectivity index (χ4v) is 1.34. The molecule has 1 fully saturated rings. The second-order valence-corrected chi connectivity index (χ2v) is 2.68. The maximum absolute atomic E-state index is 10.1. The predicted octanol–water partition coefficient (Wildman–Crippen LogP) is 0.954. The van der Waals surface area contributed by atoms with Crippen LogP contribution in [0.5, 0.6) is 0 Å². The van der Waals surface area contributed by atoms with Crippen LogP contribution < -0.4 is 5.90 Å². The predicted molar refractivity (Wildman–Crippen MR) is 37.1 cm³/mol. The minimum absolute atomic E-state index is 0.0523. The van der Waals surface area contributed by atoms with Gasteiger partial charge in [-0.2, -0.15) is 4.91 Å². The minimum Gasteiger partial charge on any atom is -0.301 e. The lowest BCUT2D eigenvalue weighted by molar-refractivity contribution is 0.0230. The van der Waals surface area contributed by atoms with Crippen molar-refractivity contribution in [3.63, 3.8) is 0 Å². The summed E-state index contributed by atoms with van der Waals surface area (Å²) < 4.78 is 0. The molecule has 1 saturated carbocycles. The van der Waals surface area contributed by atoms with Crippen LogP contribution in [0.4, 0.5) is 0 Å². The van der Waals surface area contributed by atoms with E-state index in [0.717, 1.165) is 19.3 Å². The highest BCUT2D eigenvalue weighted by molar-refractivity contribution is 4.77. The molecule has 1 aliphatic carbocycles. The van der Waals surface area contributed by atoms with E-state index in [1.165, 1.54) is 0 Å². The monoisotopic (exact) mass is 144 g/mol. The van der Waals surface area contributed by atoms with Crippen LogP contribution in [0.15, 0.2) is 5.18 Å². The molecule has 0 aromatic carbocycles. The molecule has 0 radical (unpaired) electrons. The lowest BCUT2D eigenvalue weighted by Gasteiger charge is -2.22. The zero-order chi connectivity index (χ0) is 7.40. The number of nitrogens with zero attached hydrogens (tertiary/aromatic N) is 1. The number of rotatable bonds is 2. The lowest BCUT2D eigenvalue weighted by Crippen LogP contribution is -2.27. The highest BCUT2D eigenvalue weighted by Gasteiger charge is 2.22.